The first-order chi connectivity index (χ1) is 8.70. The number of piperidine rings is 1. The largest absolute Gasteiger partial charge is 0.378 e. The summed E-state index contributed by atoms with van der Waals surface area (Å²) in [7, 11) is 0. The minimum atomic E-state index is 0.526. The van der Waals surface area contributed by atoms with Gasteiger partial charge >= 0.3 is 0 Å². The van der Waals surface area contributed by atoms with Crippen LogP contribution in [0.5, 0.6) is 0 Å². The molecule has 106 valence electrons. The van der Waals surface area contributed by atoms with Crippen molar-refractivity contribution in [2.75, 3.05) is 26.2 Å². The molecule has 2 aliphatic rings. The molecule has 0 spiro atoms. The Balaban J connectivity index is 1.69. The van der Waals surface area contributed by atoms with Crippen LogP contribution < -0.4 is 5.32 Å². The van der Waals surface area contributed by atoms with E-state index in [4.69, 9.17) is 4.74 Å². The molecule has 0 radical (unpaired) electrons. The third-order valence-electron chi connectivity index (χ3n) is 4.51. The summed E-state index contributed by atoms with van der Waals surface area (Å²) in [6.45, 7) is 11.1. The Labute approximate surface area is 112 Å². The summed E-state index contributed by atoms with van der Waals surface area (Å²) in [6.07, 6.45) is 5.81. The minimum absolute atomic E-state index is 0.526. The Hall–Kier alpha value is -0.120. The molecule has 2 atom stereocenters. The summed E-state index contributed by atoms with van der Waals surface area (Å²) in [5.74, 6) is 0.885. The molecule has 3 heteroatoms. The zero-order valence-corrected chi connectivity index (χ0v) is 12.3. The summed E-state index contributed by atoms with van der Waals surface area (Å²) in [4.78, 5) is 2.71. The molecule has 0 bridgehead atoms. The lowest BCUT2D eigenvalue weighted by Gasteiger charge is -2.47. The van der Waals surface area contributed by atoms with E-state index in [-0.39, 0.29) is 0 Å². The smallest absolute Gasteiger partial charge is 0.0599 e. The van der Waals surface area contributed by atoms with E-state index in [0.717, 1.165) is 18.6 Å². The Kier molecular flexibility index (Phi) is 5.46. The highest BCUT2D eigenvalue weighted by molar-refractivity contribution is 4.92. The number of hydrogen-bond acceptors (Lipinski definition) is 3. The third kappa shape index (κ3) is 3.69. The predicted octanol–water partition coefficient (Wildman–Crippen LogP) is 2.26. The van der Waals surface area contributed by atoms with Crippen molar-refractivity contribution in [2.24, 2.45) is 5.92 Å². The molecule has 1 saturated heterocycles. The van der Waals surface area contributed by atoms with E-state index in [1.54, 1.807) is 0 Å². The summed E-state index contributed by atoms with van der Waals surface area (Å²) < 4.78 is 5.73. The van der Waals surface area contributed by atoms with Gasteiger partial charge in [0.05, 0.1) is 6.10 Å². The van der Waals surface area contributed by atoms with Crippen molar-refractivity contribution in [1.82, 2.24) is 10.2 Å². The predicted molar refractivity (Wildman–Crippen MR) is 75.9 cm³/mol. The summed E-state index contributed by atoms with van der Waals surface area (Å²) in [6, 6.07) is 1.47. The lowest BCUT2D eigenvalue weighted by atomic mass is 9.77. The van der Waals surface area contributed by atoms with Gasteiger partial charge in [-0.05, 0) is 45.1 Å². The average molecular weight is 254 g/mol. The van der Waals surface area contributed by atoms with Gasteiger partial charge in [-0.1, -0.05) is 13.8 Å². The molecule has 18 heavy (non-hydrogen) atoms. The molecule has 0 aromatic heterocycles. The van der Waals surface area contributed by atoms with Gasteiger partial charge in [-0.3, -0.25) is 4.90 Å². The molecule has 0 amide bonds. The van der Waals surface area contributed by atoms with E-state index in [1.165, 1.54) is 45.3 Å². The van der Waals surface area contributed by atoms with E-state index >= 15 is 0 Å². The normalized spacial score (nSPS) is 30.7. The van der Waals surface area contributed by atoms with Gasteiger partial charge in [0.15, 0.2) is 0 Å². The van der Waals surface area contributed by atoms with Gasteiger partial charge in [0.25, 0.3) is 0 Å². The second kappa shape index (κ2) is 6.88. The van der Waals surface area contributed by atoms with Crippen LogP contribution in [0.3, 0.4) is 0 Å². The lowest BCUT2D eigenvalue weighted by Crippen LogP contribution is -2.54. The first-order valence-corrected chi connectivity index (χ1v) is 7.79. The van der Waals surface area contributed by atoms with Gasteiger partial charge in [-0.15, -0.1) is 0 Å². The van der Waals surface area contributed by atoms with E-state index in [2.05, 4.69) is 31.0 Å². The molecule has 3 nitrogen and oxygen atoms in total. The van der Waals surface area contributed by atoms with Crippen molar-refractivity contribution in [1.29, 1.82) is 0 Å². The Bertz CT molecular complexity index is 237. The SMILES string of the molecule is CCOC1CCN(C2CCC2CNC(C)C)CC1. The van der Waals surface area contributed by atoms with Crippen LogP contribution in [0.1, 0.15) is 46.5 Å². The summed E-state index contributed by atoms with van der Waals surface area (Å²) >= 11 is 0. The lowest BCUT2D eigenvalue weighted by molar-refractivity contribution is -0.0225. The maximum Gasteiger partial charge on any atom is 0.0599 e. The Morgan fingerprint density at radius 3 is 2.39 bits per heavy atom. The van der Waals surface area contributed by atoms with Gasteiger partial charge < -0.3 is 10.1 Å². The van der Waals surface area contributed by atoms with Crippen molar-refractivity contribution < 1.29 is 4.74 Å². The first kappa shape index (κ1) is 14.3. The molecule has 2 fully saturated rings. The van der Waals surface area contributed by atoms with E-state index in [9.17, 15) is 0 Å². The minimum Gasteiger partial charge on any atom is -0.378 e. The van der Waals surface area contributed by atoms with Gasteiger partial charge in [0.1, 0.15) is 0 Å². The maximum atomic E-state index is 5.73. The van der Waals surface area contributed by atoms with Crippen LogP contribution in [0.4, 0.5) is 0 Å². The van der Waals surface area contributed by atoms with Gasteiger partial charge in [-0.25, -0.2) is 0 Å². The highest BCUT2D eigenvalue weighted by Crippen LogP contribution is 2.33. The third-order valence-corrected chi connectivity index (χ3v) is 4.51. The maximum absolute atomic E-state index is 5.73. The van der Waals surface area contributed by atoms with Crippen LogP contribution in [0.15, 0.2) is 0 Å². The van der Waals surface area contributed by atoms with Crippen molar-refractivity contribution in [3.63, 3.8) is 0 Å². The monoisotopic (exact) mass is 254 g/mol. The van der Waals surface area contributed by atoms with Crippen molar-refractivity contribution in [2.45, 2.75) is 64.6 Å². The molecule has 1 heterocycles. The second-order valence-corrected chi connectivity index (χ2v) is 6.16. The fourth-order valence-corrected chi connectivity index (χ4v) is 3.27. The van der Waals surface area contributed by atoms with Gasteiger partial charge in [-0.2, -0.15) is 0 Å². The number of rotatable bonds is 6. The molecule has 1 aliphatic heterocycles. The van der Waals surface area contributed by atoms with Crippen LogP contribution >= 0.6 is 0 Å². The van der Waals surface area contributed by atoms with Crippen LogP contribution in [-0.4, -0.2) is 49.3 Å². The van der Waals surface area contributed by atoms with Crippen LogP contribution in [0.25, 0.3) is 0 Å². The molecule has 1 saturated carbocycles. The van der Waals surface area contributed by atoms with Gasteiger partial charge in [0, 0.05) is 31.8 Å². The van der Waals surface area contributed by atoms with Crippen LogP contribution in [0, 0.1) is 5.92 Å². The Morgan fingerprint density at radius 2 is 1.89 bits per heavy atom. The standard InChI is InChI=1S/C15H30N2O/c1-4-18-14-7-9-17(10-8-14)15-6-5-13(15)11-16-12(2)3/h12-16H,4-11H2,1-3H3. The number of hydrogen-bond donors (Lipinski definition) is 1. The number of nitrogens with zero attached hydrogens (tertiary/aromatic N) is 1. The van der Waals surface area contributed by atoms with E-state index in [1.807, 2.05) is 0 Å². The molecule has 1 aliphatic carbocycles. The van der Waals surface area contributed by atoms with E-state index < -0.39 is 0 Å². The highest BCUT2D eigenvalue weighted by Gasteiger charge is 2.36. The molecule has 0 aromatic carbocycles. The van der Waals surface area contributed by atoms with Crippen LogP contribution in [0.2, 0.25) is 0 Å². The molecule has 2 rings (SSSR count). The topological polar surface area (TPSA) is 24.5 Å². The highest BCUT2D eigenvalue weighted by atomic mass is 16.5. The van der Waals surface area contributed by atoms with E-state index in [0.29, 0.717) is 12.1 Å². The zero-order valence-electron chi connectivity index (χ0n) is 12.3. The Morgan fingerprint density at radius 1 is 1.17 bits per heavy atom. The summed E-state index contributed by atoms with van der Waals surface area (Å²) in [5.41, 5.74) is 0. The zero-order chi connectivity index (χ0) is 13.0. The molecule has 0 aromatic rings. The fraction of sp³-hybridized carbons (Fsp3) is 1.00. The average Bonchev–Trinajstić information content (AvgIpc) is 2.30. The van der Waals surface area contributed by atoms with Crippen molar-refractivity contribution >= 4 is 0 Å². The second-order valence-electron chi connectivity index (χ2n) is 6.16. The number of likely N-dealkylation sites (tertiary alicyclic amines) is 1. The summed E-state index contributed by atoms with van der Waals surface area (Å²) in [5, 5.41) is 3.59. The molecular weight excluding hydrogens is 224 g/mol. The van der Waals surface area contributed by atoms with Crippen molar-refractivity contribution in [3.05, 3.63) is 0 Å². The van der Waals surface area contributed by atoms with Crippen LogP contribution in [-0.2, 0) is 4.74 Å². The number of ether oxygens (including phenoxy) is 1. The molecular formula is C15H30N2O. The first-order valence-electron chi connectivity index (χ1n) is 7.79. The molecule has 1 N–H and O–H groups in total. The quantitative estimate of drug-likeness (QED) is 0.787. The van der Waals surface area contributed by atoms with Gasteiger partial charge in [0.2, 0.25) is 0 Å². The van der Waals surface area contributed by atoms with Crippen molar-refractivity contribution in [3.8, 4) is 0 Å². The number of nitrogens with one attached hydrogen (secondary N) is 1. The fourth-order valence-electron chi connectivity index (χ4n) is 3.27. The molecule has 2 unspecified atom stereocenters.